The van der Waals surface area contributed by atoms with Crippen molar-refractivity contribution in [1.29, 1.82) is 0 Å². The van der Waals surface area contributed by atoms with E-state index in [0.29, 0.717) is 40.0 Å². The number of esters is 1. The van der Waals surface area contributed by atoms with Gasteiger partial charge in [-0.2, -0.15) is 0 Å². The lowest BCUT2D eigenvalue weighted by Crippen LogP contribution is -2.60. The van der Waals surface area contributed by atoms with Gasteiger partial charge < -0.3 is 33.5 Å². The van der Waals surface area contributed by atoms with E-state index in [1.807, 2.05) is 30.3 Å². The third kappa shape index (κ3) is 6.29. The van der Waals surface area contributed by atoms with Crippen LogP contribution in [0.3, 0.4) is 0 Å². The molecule has 0 radical (unpaired) electrons. The van der Waals surface area contributed by atoms with Gasteiger partial charge in [-0.1, -0.05) is 36.4 Å². The van der Waals surface area contributed by atoms with Crippen LogP contribution in [0.4, 0.5) is 5.69 Å². The van der Waals surface area contributed by atoms with Crippen LogP contribution in [0, 0.1) is 0 Å². The van der Waals surface area contributed by atoms with Crippen LogP contribution in [0.2, 0.25) is 0 Å². The Morgan fingerprint density at radius 2 is 1.46 bits per heavy atom. The molecule has 1 saturated heterocycles. The van der Waals surface area contributed by atoms with Crippen molar-refractivity contribution in [1.82, 2.24) is 0 Å². The van der Waals surface area contributed by atoms with Crippen molar-refractivity contribution in [3.8, 4) is 28.7 Å². The average molecular weight is 566 g/mol. The highest BCUT2D eigenvalue weighted by molar-refractivity contribution is 6.06. The summed E-state index contributed by atoms with van der Waals surface area (Å²) in [6.07, 6.45) is -1.99. The molecule has 1 unspecified atom stereocenters. The maximum absolute atomic E-state index is 13.5. The number of β-lactam (4-membered cyclic amide) rings is 1. The van der Waals surface area contributed by atoms with E-state index in [1.165, 1.54) is 33.3 Å². The number of hydrogen-bond acceptors (Lipinski definition) is 9. The second-order valence-corrected chi connectivity index (χ2v) is 9.03. The highest BCUT2D eigenvalue weighted by Gasteiger charge is 2.52. The third-order valence-electron chi connectivity index (χ3n) is 6.54. The molecule has 1 N–H and O–H groups in total. The number of carboxylic acids is 1. The standard InChI is InChI=1S/C30H31NO10/c1-36-21-11-10-19(14-22(21)40-17-18-8-6-5-7-9-18)27-29(41-26(34)13-12-25(32)33)30(35)31(27)20-15-23(37-2)28(39-4)24(16-20)38-3/h5-11,14-16,27,29H,12-13,17H2,1-4H3,(H,32,33)/t27-,29?/m0/s1. The number of ether oxygens (including phenoxy) is 6. The summed E-state index contributed by atoms with van der Waals surface area (Å²) >= 11 is 0. The molecule has 0 bridgehead atoms. The van der Waals surface area contributed by atoms with Gasteiger partial charge in [-0.3, -0.25) is 19.3 Å². The molecule has 0 saturated carbocycles. The highest BCUT2D eigenvalue weighted by Crippen LogP contribution is 2.48. The molecule has 11 heteroatoms. The highest BCUT2D eigenvalue weighted by atomic mass is 16.6. The molecule has 4 rings (SSSR count). The molecule has 3 aromatic carbocycles. The van der Waals surface area contributed by atoms with Crippen molar-refractivity contribution < 1.29 is 47.9 Å². The quantitative estimate of drug-likeness (QED) is 0.238. The molecule has 0 aromatic heterocycles. The topological polar surface area (TPSA) is 130 Å². The smallest absolute Gasteiger partial charge is 0.307 e. The van der Waals surface area contributed by atoms with E-state index in [9.17, 15) is 14.4 Å². The first kappa shape index (κ1) is 29.1. The number of carboxylic acid groups (broad SMARTS) is 1. The zero-order valence-electron chi connectivity index (χ0n) is 23.1. The molecule has 1 amide bonds. The lowest BCUT2D eigenvalue weighted by atomic mass is 9.89. The predicted octanol–water partition coefficient (Wildman–Crippen LogP) is 4.16. The largest absolute Gasteiger partial charge is 0.493 e. The second kappa shape index (κ2) is 12.9. The van der Waals surface area contributed by atoms with Crippen LogP contribution in [0.1, 0.15) is 30.0 Å². The maximum atomic E-state index is 13.5. The molecule has 2 atom stereocenters. The lowest BCUT2D eigenvalue weighted by molar-refractivity contribution is -0.163. The minimum absolute atomic E-state index is 0.272. The molecule has 11 nitrogen and oxygen atoms in total. The fourth-order valence-corrected chi connectivity index (χ4v) is 4.53. The van der Waals surface area contributed by atoms with Crippen LogP contribution in [0.25, 0.3) is 0 Å². The number of methoxy groups -OCH3 is 4. The SMILES string of the molecule is COc1ccc([C@H]2C(OC(=O)CCC(=O)O)C(=O)N2c2cc(OC)c(OC)c(OC)c2)cc1OCc1ccccc1. The Morgan fingerprint density at radius 1 is 0.805 bits per heavy atom. The van der Waals surface area contributed by atoms with Crippen molar-refractivity contribution >= 4 is 23.5 Å². The summed E-state index contributed by atoms with van der Waals surface area (Å²) in [7, 11) is 5.91. The van der Waals surface area contributed by atoms with Gasteiger partial charge in [0.15, 0.2) is 23.0 Å². The first-order valence-corrected chi connectivity index (χ1v) is 12.7. The van der Waals surface area contributed by atoms with Gasteiger partial charge >= 0.3 is 11.9 Å². The van der Waals surface area contributed by atoms with Crippen LogP contribution in [0.5, 0.6) is 28.7 Å². The van der Waals surface area contributed by atoms with Crippen molar-refractivity contribution in [3.63, 3.8) is 0 Å². The Labute approximate surface area is 237 Å². The number of aliphatic carboxylic acids is 1. The number of rotatable bonds is 13. The van der Waals surface area contributed by atoms with Crippen molar-refractivity contribution in [3.05, 3.63) is 71.8 Å². The number of carbonyl (C=O) groups is 3. The van der Waals surface area contributed by atoms with E-state index in [-0.39, 0.29) is 13.0 Å². The van der Waals surface area contributed by atoms with Gasteiger partial charge in [-0.05, 0) is 23.3 Å². The normalized spacial score (nSPS) is 15.9. The summed E-state index contributed by atoms with van der Waals surface area (Å²) in [5.41, 5.74) is 1.95. The van der Waals surface area contributed by atoms with Crippen LogP contribution >= 0.6 is 0 Å². The molecule has 41 heavy (non-hydrogen) atoms. The van der Waals surface area contributed by atoms with Gasteiger partial charge in [0.25, 0.3) is 5.91 Å². The van der Waals surface area contributed by atoms with E-state index < -0.39 is 36.4 Å². The van der Waals surface area contributed by atoms with E-state index in [2.05, 4.69) is 0 Å². The number of amides is 1. The van der Waals surface area contributed by atoms with E-state index in [4.69, 9.17) is 33.5 Å². The van der Waals surface area contributed by atoms with Crippen LogP contribution < -0.4 is 28.6 Å². The summed E-state index contributed by atoms with van der Waals surface area (Å²) < 4.78 is 33.4. The molecular weight excluding hydrogens is 534 g/mol. The van der Waals surface area contributed by atoms with Gasteiger partial charge in [0.05, 0.1) is 47.0 Å². The van der Waals surface area contributed by atoms with Gasteiger partial charge in [-0.25, -0.2) is 0 Å². The lowest BCUT2D eigenvalue weighted by Gasteiger charge is -2.46. The number of nitrogens with zero attached hydrogens (tertiary/aromatic N) is 1. The number of benzene rings is 3. The molecular formula is C30H31NO10. The number of hydrogen-bond donors (Lipinski definition) is 1. The first-order valence-electron chi connectivity index (χ1n) is 12.7. The van der Waals surface area contributed by atoms with Gasteiger partial charge in [0.2, 0.25) is 11.9 Å². The Morgan fingerprint density at radius 3 is 2.05 bits per heavy atom. The third-order valence-corrected chi connectivity index (χ3v) is 6.54. The zero-order valence-corrected chi connectivity index (χ0v) is 23.1. The first-order chi connectivity index (χ1) is 19.8. The molecule has 0 spiro atoms. The van der Waals surface area contributed by atoms with Gasteiger partial charge in [0, 0.05) is 12.1 Å². The summed E-state index contributed by atoms with van der Waals surface area (Å²) in [5.74, 6) is -0.536. The molecule has 216 valence electrons. The summed E-state index contributed by atoms with van der Waals surface area (Å²) in [5, 5.41) is 8.95. The number of carbonyl (C=O) groups excluding carboxylic acids is 2. The van der Waals surface area contributed by atoms with Gasteiger partial charge in [-0.15, -0.1) is 0 Å². The zero-order chi connectivity index (χ0) is 29.5. The minimum Gasteiger partial charge on any atom is -0.493 e. The molecule has 1 aliphatic heterocycles. The summed E-state index contributed by atoms with van der Waals surface area (Å²) in [6, 6.07) is 17.2. The Hall–Kier alpha value is -4.93. The van der Waals surface area contributed by atoms with E-state index in [1.54, 1.807) is 30.3 Å². The molecule has 1 aliphatic rings. The molecule has 3 aromatic rings. The fourth-order valence-electron chi connectivity index (χ4n) is 4.53. The van der Waals surface area contributed by atoms with Crippen molar-refractivity contribution in [2.75, 3.05) is 33.3 Å². The Balaban J connectivity index is 1.72. The van der Waals surface area contributed by atoms with Crippen LogP contribution in [-0.2, 0) is 25.7 Å². The maximum Gasteiger partial charge on any atom is 0.307 e. The molecule has 1 heterocycles. The van der Waals surface area contributed by atoms with Crippen LogP contribution in [0.15, 0.2) is 60.7 Å². The van der Waals surface area contributed by atoms with Gasteiger partial charge in [0.1, 0.15) is 12.6 Å². The number of anilines is 1. The summed E-state index contributed by atoms with van der Waals surface area (Å²) in [6.45, 7) is 0.272. The fraction of sp³-hybridized carbons (Fsp3) is 0.300. The second-order valence-electron chi connectivity index (χ2n) is 9.03. The van der Waals surface area contributed by atoms with Crippen LogP contribution in [-0.4, -0.2) is 57.5 Å². The van der Waals surface area contributed by atoms with E-state index in [0.717, 1.165) is 5.56 Å². The van der Waals surface area contributed by atoms with E-state index >= 15 is 0 Å². The minimum atomic E-state index is -1.20. The average Bonchev–Trinajstić information content (AvgIpc) is 2.99. The monoisotopic (exact) mass is 565 g/mol. The summed E-state index contributed by atoms with van der Waals surface area (Å²) in [4.78, 5) is 38.3. The predicted molar refractivity (Wildman–Crippen MR) is 147 cm³/mol. The Kier molecular flexibility index (Phi) is 9.18. The Bertz CT molecular complexity index is 1380. The van der Waals surface area contributed by atoms with Crippen molar-refractivity contribution in [2.45, 2.75) is 31.6 Å². The molecule has 0 aliphatic carbocycles. The molecule has 1 fully saturated rings. The van der Waals surface area contributed by atoms with Crippen molar-refractivity contribution in [2.24, 2.45) is 0 Å².